The van der Waals surface area contributed by atoms with Crippen LogP contribution in [0, 0.1) is 0 Å². The zero-order valence-corrected chi connectivity index (χ0v) is 15.7. The van der Waals surface area contributed by atoms with Crippen LogP contribution in [-0.4, -0.2) is 34.5 Å². The lowest BCUT2D eigenvalue weighted by Crippen LogP contribution is -2.36. The molecule has 1 rings (SSSR count). The summed E-state index contributed by atoms with van der Waals surface area (Å²) in [5.41, 5.74) is 0.445. The monoisotopic (exact) mass is 385 g/mol. The van der Waals surface area contributed by atoms with Crippen molar-refractivity contribution in [2.24, 2.45) is 0 Å². The van der Waals surface area contributed by atoms with Crippen LogP contribution in [0.4, 0.5) is 0 Å². The number of ether oxygens (including phenoxy) is 2. The summed E-state index contributed by atoms with van der Waals surface area (Å²) in [6.07, 6.45) is -1.70. The Bertz CT molecular complexity index is 589. The molecule has 0 amide bonds. The minimum Gasteiger partial charge on any atom is -0.359 e. The van der Waals surface area contributed by atoms with Crippen molar-refractivity contribution in [2.75, 3.05) is 13.9 Å². The van der Waals surface area contributed by atoms with Gasteiger partial charge < -0.3 is 9.47 Å². The topological polar surface area (TPSA) is 73.9 Å². The third kappa shape index (κ3) is 6.54. The number of hydrogen-bond donors (Lipinski definition) is 1. The van der Waals surface area contributed by atoms with E-state index < -0.39 is 22.5 Å². The van der Waals surface area contributed by atoms with E-state index in [4.69, 9.17) is 36.9 Å². The largest absolute Gasteiger partial charge is 0.359 e. The maximum atomic E-state index is 11.9. The van der Waals surface area contributed by atoms with Crippen molar-refractivity contribution in [1.82, 2.24) is 4.72 Å². The summed E-state index contributed by atoms with van der Waals surface area (Å²) < 4.78 is 41.8. The summed E-state index contributed by atoms with van der Waals surface area (Å²) in [6, 6.07) is 4.66. The molecule has 0 spiro atoms. The number of halogens is 2. The summed E-state index contributed by atoms with van der Waals surface area (Å²) in [6.45, 7) is 4.86. The molecule has 0 bridgehead atoms. The highest BCUT2D eigenvalue weighted by Crippen LogP contribution is 2.35. The Kier molecular flexibility index (Phi) is 8.23. The van der Waals surface area contributed by atoms with Crippen LogP contribution in [0.3, 0.4) is 0 Å². The standard InChI is InChI=1S/C14H21Cl2NO5S/c1-9(2)17-23(18,19)22-10(3)14(21-8-20-4)13-11(15)6-5-7-12(13)16/h5-7,9-10,14,17H,8H2,1-4H3. The van der Waals surface area contributed by atoms with Gasteiger partial charge in [0.25, 0.3) is 0 Å². The first kappa shape index (κ1) is 20.6. The van der Waals surface area contributed by atoms with Crippen LogP contribution in [0.1, 0.15) is 32.4 Å². The molecule has 9 heteroatoms. The molecular formula is C14H21Cl2NO5S. The Morgan fingerprint density at radius 3 is 2.22 bits per heavy atom. The predicted octanol–water partition coefficient (Wildman–Crippen LogP) is 3.30. The Labute approximate surface area is 147 Å². The van der Waals surface area contributed by atoms with E-state index in [9.17, 15) is 8.42 Å². The fourth-order valence-corrected chi connectivity index (χ4v) is 3.69. The minimum absolute atomic E-state index is 0.0718. The van der Waals surface area contributed by atoms with Gasteiger partial charge in [-0.1, -0.05) is 29.3 Å². The van der Waals surface area contributed by atoms with E-state index in [0.717, 1.165) is 0 Å². The highest BCUT2D eigenvalue weighted by molar-refractivity contribution is 7.84. The minimum atomic E-state index is -3.94. The SMILES string of the molecule is COCOC(c1c(Cl)cccc1Cl)C(C)OS(=O)(=O)NC(C)C. The molecule has 0 aromatic heterocycles. The maximum absolute atomic E-state index is 11.9. The zero-order valence-electron chi connectivity index (χ0n) is 13.4. The van der Waals surface area contributed by atoms with E-state index in [1.54, 1.807) is 39.0 Å². The average molecular weight is 386 g/mol. The second kappa shape index (κ2) is 9.17. The van der Waals surface area contributed by atoms with E-state index >= 15 is 0 Å². The molecule has 1 N–H and O–H groups in total. The molecule has 0 fully saturated rings. The third-order valence-corrected chi connectivity index (χ3v) is 4.71. The van der Waals surface area contributed by atoms with E-state index in [2.05, 4.69) is 4.72 Å². The van der Waals surface area contributed by atoms with Crippen LogP contribution in [-0.2, 0) is 24.0 Å². The van der Waals surface area contributed by atoms with E-state index in [1.165, 1.54) is 7.11 Å². The van der Waals surface area contributed by atoms with Gasteiger partial charge in [-0.2, -0.15) is 13.1 Å². The fourth-order valence-electron chi connectivity index (χ4n) is 1.94. The molecule has 0 saturated heterocycles. The van der Waals surface area contributed by atoms with Crippen molar-refractivity contribution >= 4 is 33.5 Å². The number of nitrogens with one attached hydrogen (secondary N) is 1. The number of rotatable bonds is 9. The lowest BCUT2D eigenvalue weighted by atomic mass is 10.1. The van der Waals surface area contributed by atoms with Gasteiger partial charge in [-0.15, -0.1) is 0 Å². The van der Waals surface area contributed by atoms with Gasteiger partial charge >= 0.3 is 10.3 Å². The lowest BCUT2D eigenvalue weighted by molar-refractivity contribution is -0.104. The summed E-state index contributed by atoms with van der Waals surface area (Å²) in [5.74, 6) is 0. The van der Waals surface area contributed by atoms with Crippen LogP contribution >= 0.6 is 23.2 Å². The molecule has 23 heavy (non-hydrogen) atoms. The van der Waals surface area contributed by atoms with Crippen molar-refractivity contribution in [3.8, 4) is 0 Å². The van der Waals surface area contributed by atoms with Gasteiger partial charge in [0.05, 0.1) is 0 Å². The molecule has 0 aliphatic heterocycles. The highest BCUT2D eigenvalue weighted by Gasteiger charge is 2.29. The molecule has 0 radical (unpaired) electrons. The van der Waals surface area contributed by atoms with E-state index in [-0.39, 0.29) is 12.8 Å². The van der Waals surface area contributed by atoms with E-state index in [1.807, 2.05) is 0 Å². The second-order valence-electron chi connectivity index (χ2n) is 5.16. The third-order valence-electron chi connectivity index (χ3n) is 2.73. The second-order valence-corrected chi connectivity index (χ2v) is 7.31. The van der Waals surface area contributed by atoms with Crippen molar-refractivity contribution in [1.29, 1.82) is 0 Å². The van der Waals surface area contributed by atoms with Gasteiger partial charge in [0.2, 0.25) is 0 Å². The highest BCUT2D eigenvalue weighted by atomic mass is 35.5. The van der Waals surface area contributed by atoms with Gasteiger partial charge in [-0.25, -0.2) is 0 Å². The summed E-state index contributed by atoms with van der Waals surface area (Å²) in [7, 11) is -2.49. The van der Waals surface area contributed by atoms with Gasteiger partial charge in [-0.3, -0.25) is 4.18 Å². The lowest BCUT2D eigenvalue weighted by Gasteiger charge is -2.26. The van der Waals surface area contributed by atoms with Crippen LogP contribution < -0.4 is 4.72 Å². The molecule has 0 heterocycles. The summed E-state index contributed by atoms with van der Waals surface area (Å²) >= 11 is 12.4. The quantitative estimate of drug-likeness (QED) is 0.660. The van der Waals surface area contributed by atoms with Crippen molar-refractivity contribution in [2.45, 2.75) is 39.0 Å². The van der Waals surface area contributed by atoms with Crippen molar-refractivity contribution < 1.29 is 22.1 Å². The van der Waals surface area contributed by atoms with Crippen molar-refractivity contribution in [3.05, 3.63) is 33.8 Å². The maximum Gasteiger partial charge on any atom is 0.336 e. The zero-order chi connectivity index (χ0) is 17.6. The molecule has 2 unspecified atom stereocenters. The first-order valence-corrected chi connectivity index (χ1v) is 9.09. The molecule has 0 aliphatic rings. The average Bonchev–Trinajstić information content (AvgIpc) is 2.39. The number of hydrogen-bond acceptors (Lipinski definition) is 5. The molecule has 2 atom stereocenters. The first-order valence-electron chi connectivity index (χ1n) is 6.93. The van der Waals surface area contributed by atoms with Gasteiger partial charge in [-0.05, 0) is 32.9 Å². The van der Waals surface area contributed by atoms with Crippen LogP contribution in [0.25, 0.3) is 0 Å². The smallest absolute Gasteiger partial charge is 0.336 e. The first-order chi connectivity index (χ1) is 10.7. The van der Waals surface area contributed by atoms with Gasteiger partial charge in [0, 0.05) is 28.8 Å². The normalized spacial score (nSPS) is 14.9. The Balaban J connectivity index is 3.07. The molecule has 132 valence electrons. The molecule has 0 aliphatic carbocycles. The molecule has 6 nitrogen and oxygen atoms in total. The summed E-state index contributed by atoms with van der Waals surface area (Å²) in [4.78, 5) is 0. The van der Waals surface area contributed by atoms with Crippen LogP contribution in [0.2, 0.25) is 10.0 Å². The van der Waals surface area contributed by atoms with E-state index in [0.29, 0.717) is 15.6 Å². The molecular weight excluding hydrogens is 365 g/mol. The number of benzene rings is 1. The van der Waals surface area contributed by atoms with Crippen molar-refractivity contribution in [3.63, 3.8) is 0 Å². The Morgan fingerprint density at radius 1 is 1.17 bits per heavy atom. The van der Waals surface area contributed by atoms with Crippen LogP contribution in [0.15, 0.2) is 18.2 Å². The summed E-state index contributed by atoms with van der Waals surface area (Å²) in [5, 5.41) is 0.700. The molecule has 1 aromatic carbocycles. The molecule has 0 saturated carbocycles. The molecule has 1 aromatic rings. The Hall–Kier alpha value is -0.410. The Morgan fingerprint density at radius 2 is 1.74 bits per heavy atom. The van der Waals surface area contributed by atoms with Gasteiger partial charge in [0.1, 0.15) is 19.0 Å². The number of methoxy groups -OCH3 is 1. The van der Waals surface area contributed by atoms with Gasteiger partial charge in [0.15, 0.2) is 0 Å². The fraction of sp³-hybridized carbons (Fsp3) is 0.571. The predicted molar refractivity (Wildman–Crippen MR) is 89.9 cm³/mol. The van der Waals surface area contributed by atoms with Crippen LogP contribution in [0.5, 0.6) is 0 Å².